The van der Waals surface area contributed by atoms with E-state index in [4.69, 9.17) is 4.74 Å². The number of ether oxygens (including phenoxy) is 1. The van der Waals surface area contributed by atoms with Gasteiger partial charge in [0.05, 0.1) is 19.1 Å². The molecular weight excluding hydrogens is 434 g/mol. The number of hydrogen-bond donors (Lipinski definition) is 1. The zero-order valence-corrected chi connectivity index (χ0v) is 21.2. The molecule has 5 rings (SSSR count). The van der Waals surface area contributed by atoms with E-state index in [1.165, 1.54) is 43.2 Å². The van der Waals surface area contributed by atoms with Crippen LogP contribution in [0.4, 0.5) is 0 Å². The van der Waals surface area contributed by atoms with E-state index in [2.05, 4.69) is 58.1 Å². The molecule has 3 fully saturated rings. The fraction of sp³-hybridized carbons (Fsp3) is 0.567. The first kappa shape index (κ1) is 24.3. The highest BCUT2D eigenvalue weighted by molar-refractivity contribution is 5.81. The minimum absolute atomic E-state index is 0.0609. The highest BCUT2D eigenvalue weighted by atomic mass is 16.5. The van der Waals surface area contributed by atoms with Gasteiger partial charge in [-0.15, -0.1) is 6.58 Å². The maximum atomic E-state index is 12.9. The van der Waals surface area contributed by atoms with Gasteiger partial charge in [-0.3, -0.25) is 14.6 Å². The standard InChI is InChI=1S/C30H41N3O2/c1-3-18-32-19-17-26-15-16-27(21-32)33(26)29(24-7-6-10-28(20-24)35-2)22-11-13-23(14-12-22)30(34)31-25-8-4-5-9-25/h3,6-7,10-13,20,23,25-27,29H,1,4-5,8-9,14-19,21H2,2H3,(H,31,34). The van der Waals surface area contributed by atoms with Gasteiger partial charge in [0.25, 0.3) is 0 Å². The summed E-state index contributed by atoms with van der Waals surface area (Å²) in [5.41, 5.74) is 2.60. The molecule has 2 bridgehead atoms. The predicted octanol–water partition coefficient (Wildman–Crippen LogP) is 5.02. The highest BCUT2D eigenvalue weighted by Gasteiger charge is 2.42. The van der Waals surface area contributed by atoms with Crippen LogP contribution in [-0.2, 0) is 4.79 Å². The van der Waals surface area contributed by atoms with Gasteiger partial charge in [0.1, 0.15) is 5.75 Å². The maximum Gasteiger partial charge on any atom is 0.227 e. The molecule has 0 aromatic heterocycles. The molecule has 188 valence electrons. The highest BCUT2D eigenvalue weighted by Crippen LogP contribution is 2.43. The van der Waals surface area contributed by atoms with Crippen molar-refractivity contribution in [1.29, 1.82) is 0 Å². The van der Waals surface area contributed by atoms with Gasteiger partial charge in [0.2, 0.25) is 5.91 Å². The Morgan fingerprint density at radius 1 is 1.20 bits per heavy atom. The number of carbonyl (C=O) groups excluding carboxylic acids is 1. The van der Waals surface area contributed by atoms with Crippen LogP contribution in [0, 0.1) is 5.92 Å². The molecule has 4 unspecified atom stereocenters. The van der Waals surface area contributed by atoms with Crippen molar-refractivity contribution >= 4 is 5.91 Å². The number of nitrogens with one attached hydrogen (secondary N) is 1. The molecule has 2 aliphatic heterocycles. The lowest BCUT2D eigenvalue weighted by molar-refractivity contribution is -0.124. The Labute approximate surface area is 210 Å². The molecule has 2 aliphatic carbocycles. The topological polar surface area (TPSA) is 44.8 Å². The van der Waals surface area contributed by atoms with Crippen LogP contribution in [0.25, 0.3) is 0 Å². The van der Waals surface area contributed by atoms with Gasteiger partial charge < -0.3 is 10.1 Å². The molecule has 1 amide bonds. The van der Waals surface area contributed by atoms with Crippen LogP contribution in [0.5, 0.6) is 5.75 Å². The summed E-state index contributed by atoms with van der Waals surface area (Å²) in [7, 11) is 1.74. The Morgan fingerprint density at radius 3 is 2.77 bits per heavy atom. The molecule has 2 heterocycles. The number of amides is 1. The molecule has 1 N–H and O–H groups in total. The third kappa shape index (κ3) is 5.41. The molecule has 4 aliphatic rings. The number of rotatable bonds is 8. The number of allylic oxidation sites excluding steroid dienone is 1. The van der Waals surface area contributed by atoms with Gasteiger partial charge >= 0.3 is 0 Å². The maximum absolute atomic E-state index is 12.9. The van der Waals surface area contributed by atoms with Gasteiger partial charge in [0.15, 0.2) is 0 Å². The average Bonchev–Trinajstić information content (AvgIpc) is 3.49. The average molecular weight is 476 g/mol. The van der Waals surface area contributed by atoms with E-state index >= 15 is 0 Å². The molecule has 0 spiro atoms. The van der Waals surface area contributed by atoms with Crippen molar-refractivity contribution in [3.63, 3.8) is 0 Å². The Morgan fingerprint density at radius 2 is 2.03 bits per heavy atom. The number of likely N-dealkylation sites (tertiary alicyclic amines) is 1. The second-order valence-electron chi connectivity index (χ2n) is 10.7. The fourth-order valence-electron chi connectivity index (χ4n) is 6.71. The minimum Gasteiger partial charge on any atom is -0.497 e. The largest absolute Gasteiger partial charge is 0.497 e. The number of benzene rings is 1. The molecule has 35 heavy (non-hydrogen) atoms. The second-order valence-corrected chi connectivity index (χ2v) is 10.7. The van der Waals surface area contributed by atoms with Crippen molar-refractivity contribution in [3.8, 4) is 5.75 Å². The fourth-order valence-corrected chi connectivity index (χ4v) is 6.71. The van der Waals surface area contributed by atoms with Crippen molar-refractivity contribution in [2.24, 2.45) is 5.92 Å². The van der Waals surface area contributed by atoms with Crippen molar-refractivity contribution in [2.45, 2.75) is 75.5 Å². The van der Waals surface area contributed by atoms with E-state index in [0.29, 0.717) is 18.1 Å². The van der Waals surface area contributed by atoms with Crippen LogP contribution in [0.2, 0.25) is 0 Å². The summed E-state index contributed by atoms with van der Waals surface area (Å²) < 4.78 is 5.61. The van der Waals surface area contributed by atoms with Gasteiger partial charge in [-0.25, -0.2) is 0 Å². The lowest BCUT2D eigenvalue weighted by Crippen LogP contribution is -2.42. The van der Waals surface area contributed by atoms with Gasteiger partial charge in [-0.1, -0.05) is 49.3 Å². The molecule has 5 heteroatoms. The first-order valence-corrected chi connectivity index (χ1v) is 13.6. The lowest BCUT2D eigenvalue weighted by Gasteiger charge is -2.38. The van der Waals surface area contributed by atoms with Crippen LogP contribution >= 0.6 is 0 Å². The van der Waals surface area contributed by atoms with E-state index < -0.39 is 0 Å². The molecule has 4 atom stereocenters. The van der Waals surface area contributed by atoms with Crippen molar-refractivity contribution in [1.82, 2.24) is 15.1 Å². The lowest BCUT2D eigenvalue weighted by atomic mass is 9.87. The van der Waals surface area contributed by atoms with Gasteiger partial charge in [0, 0.05) is 37.8 Å². The molecular formula is C30H41N3O2. The summed E-state index contributed by atoms with van der Waals surface area (Å²) in [4.78, 5) is 18.3. The van der Waals surface area contributed by atoms with Gasteiger partial charge in [-0.05, 0) is 61.8 Å². The number of nitrogens with zero attached hydrogens (tertiary/aromatic N) is 2. The molecule has 5 nitrogen and oxygen atoms in total. The molecule has 1 saturated carbocycles. The van der Waals surface area contributed by atoms with E-state index in [0.717, 1.165) is 44.6 Å². The van der Waals surface area contributed by atoms with E-state index in [-0.39, 0.29) is 17.9 Å². The van der Waals surface area contributed by atoms with Crippen LogP contribution in [-0.4, -0.2) is 60.6 Å². The van der Waals surface area contributed by atoms with Gasteiger partial charge in [-0.2, -0.15) is 0 Å². The van der Waals surface area contributed by atoms with Crippen LogP contribution in [0.3, 0.4) is 0 Å². The van der Waals surface area contributed by atoms with E-state index in [9.17, 15) is 4.79 Å². The Kier molecular flexibility index (Phi) is 7.74. The van der Waals surface area contributed by atoms with Crippen LogP contribution in [0.15, 0.2) is 60.7 Å². The first-order chi connectivity index (χ1) is 17.2. The monoisotopic (exact) mass is 475 g/mol. The normalized spacial score (nSPS) is 28.4. The minimum atomic E-state index is -0.0609. The summed E-state index contributed by atoms with van der Waals surface area (Å²) in [6.45, 7) is 7.16. The second kappa shape index (κ2) is 11.1. The molecule has 1 aromatic carbocycles. The molecule has 0 radical (unpaired) electrons. The quantitative estimate of drug-likeness (QED) is 0.536. The first-order valence-electron chi connectivity index (χ1n) is 13.6. The Balaban J connectivity index is 1.39. The summed E-state index contributed by atoms with van der Waals surface area (Å²) in [5, 5.41) is 3.29. The number of fused-ring (bicyclic) bond motifs is 2. The van der Waals surface area contributed by atoms with E-state index in [1.54, 1.807) is 7.11 Å². The van der Waals surface area contributed by atoms with Crippen LogP contribution < -0.4 is 10.1 Å². The number of methoxy groups -OCH3 is 1. The number of hydrogen-bond acceptors (Lipinski definition) is 4. The van der Waals surface area contributed by atoms with Crippen molar-refractivity contribution < 1.29 is 9.53 Å². The molecule has 2 saturated heterocycles. The van der Waals surface area contributed by atoms with E-state index in [1.807, 2.05) is 12.1 Å². The zero-order valence-electron chi connectivity index (χ0n) is 21.2. The zero-order chi connectivity index (χ0) is 24.2. The van der Waals surface area contributed by atoms with Crippen molar-refractivity contribution in [3.05, 3.63) is 66.3 Å². The Bertz CT molecular complexity index is 964. The predicted molar refractivity (Wildman–Crippen MR) is 141 cm³/mol. The summed E-state index contributed by atoms with van der Waals surface area (Å²) in [6.07, 6.45) is 17.9. The number of carbonyl (C=O) groups is 1. The summed E-state index contributed by atoms with van der Waals surface area (Å²) in [6, 6.07) is 10.2. The third-order valence-corrected chi connectivity index (χ3v) is 8.50. The Hall–Kier alpha value is -2.37. The summed E-state index contributed by atoms with van der Waals surface area (Å²) >= 11 is 0. The SMILES string of the molecule is C=CCN1CCC2CCC(C1)N2C(C1=CCC(C(=O)NC2CCCC2)C=C1)c1cccc(OC)c1. The van der Waals surface area contributed by atoms with Crippen LogP contribution in [0.1, 0.15) is 63.0 Å². The summed E-state index contributed by atoms with van der Waals surface area (Å²) in [5.74, 6) is 1.03. The smallest absolute Gasteiger partial charge is 0.227 e. The third-order valence-electron chi connectivity index (χ3n) is 8.50. The van der Waals surface area contributed by atoms with Crippen molar-refractivity contribution in [2.75, 3.05) is 26.7 Å². The molecule has 1 aromatic rings.